The van der Waals surface area contributed by atoms with Gasteiger partial charge in [0.15, 0.2) is 0 Å². The number of aliphatic hydroxyl groups excluding tert-OH is 1. The molecule has 0 aromatic heterocycles. The number of hydrogen-bond donors (Lipinski definition) is 1. The normalized spacial score (nSPS) is 17.8. The Morgan fingerprint density at radius 2 is 1.61 bits per heavy atom. The summed E-state index contributed by atoms with van der Waals surface area (Å²) in [5, 5.41) is 11.2. The molecule has 3 aromatic carbocycles. The van der Waals surface area contributed by atoms with Crippen molar-refractivity contribution in [3.05, 3.63) is 101 Å². The van der Waals surface area contributed by atoms with Crippen LogP contribution >= 0.6 is 0 Å². The second-order valence-corrected chi connectivity index (χ2v) is 7.57. The highest BCUT2D eigenvalue weighted by Gasteiger charge is 2.47. The van der Waals surface area contributed by atoms with Crippen LogP contribution in [-0.4, -0.2) is 23.9 Å². The van der Waals surface area contributed by atoms with Crippen molar-refractivity contribution < 1.29 is 19.4 Å². The van der Waals surface area contributed by atoms with Crippen LogP contribution in [0.3, 0.4) is 0 Å². The van der Waals surface area contributed by atoms with Crippen molar-refractivity contribution in [2.24, 2.45) is 0 Å². The van der Waals surface area contributed by atoms with Crippen LogP contribution in [0.4, 0.5) is 5.69 Å². The van der Waals surface area contributed by atoms with Gasteiger partial charge in [0.2, 0.25) is 0 Å². The van der Waals surface area contributed by atoms with E-state index in [1.165, 1.54) is 12.0 Å². The van der Waals surface area contributed by atoms with Crippen LogP contribution < -0.4 is 9.64 Å². The Hall–Kier alpha value is -3.86. The number of methoxy groups -OCH3 is 1. The lowest BCUT2D eigenvalue weighted by Crippen LogP contribution is -2.30. The Labute approximate surface area is 181 Å². The first-order chi connectivity index (χ1) is 14.9. The molecule has 0 spiro atoms. The van der Waals surface area contributed by atoms with Gasteiger partial charge in [-0.15, -0.1) is 0 Å². The number of Topliss-reactive ketones (excluding diaryl/α,β-unsaturated/α-hetero) is 1. The molecule has 156 valence electrons. The van der Waals surface area contributed by atoms with Crippen LogP contribution in [0.25, 0.3) is 5.76 Å². The molecule has 1 N–H and O–H groups in total. The Morgan fingerprint density at radius 1 is 0.935 bits per heavy atom. The van der Waals surface area contributed by atoms with Gasteiger partial charge in [-0.3, -0.25) is 14.5 Å². The third kappa shape index (κ3) is 3.48. The van der Waals surface area contributed by atoms with E-state index >= 15 is 0 Å². The van der Waals surface area contributed by atoms with Crippen molar-refractivity contribution in [1.82, 2.24) is 0 Å². The molecule has 0 radical (unpaired) electrons. The van der Waals surface area contributed by atoms with E-state index in [4.69, 9.17) is 4.74 Å². The van der Waals surface area contributed by atoms with Gasteiger partial charge >= 0.3 is 0 Å². The Morgan fingerprint density at radius 3 is 2.29 bits per heavy atom. The Bertz CT molecular complexity index is 1200. The van der Waals surface area contributed by atoms with Gasteiger partial charge in [0.1, 0.15) is 11.5 Å². The molecule has 1 fully saturated rings. The Kier molecular flexibility index (Phi) is 5.34. The number of ether oxygens (including phenoxy) is 1. The monoisotopic (exact) mass is 413 g/mol. The number of anilines is 1. The maximum Gasteiger partial charge on any atom is 0.300 e. The molecule has 0 aliphatic carbocycles. The average molecular weight is 413 g/mol. The lowest BCUT2D eigenvalue weighted by atomic mass is 9.94. The van der Waals surface area contributed by atoms with Gasteiger partial charge < -0.3 is 9.84 Å². The second-order valence-electron chi connectivity index (χ2n) is 7.57. The number of carbonyl (C=O) groups excluding carboxylic acids is 2. The molecule has 3 aromatic rings. The summed E-state index contributed by atoms with van der Waals surface area (Å²) >= 11 is 0. The standard InChI is InChI=1S/C26H23NO4/c1-16-13-14-20(17(2)15-16)27-23(18-9-5-4-6-10-18)22(25(29)26(27)30)24(28)19-11-7-8-12-21(19)31-3/h4-15,23,28H,1-3H3/b24-22+. The summed E-state index contributed by atoms with van der Waals surface area (Å²) in [6, 6.07) is 21.1. The highest BCUT2D eigenvalue weighted by atomic mass is 16.5. The number of para-hydroxylation sites is 1. The van der Waals surface area contributed by atoms with Crippen molar-refractivity contribution in [2.45, 2.75) is 19.9 Å². The average Bonchev–Trinajstić information content (AvgIpc) is 3.04. The molecule has 0 bridgehead atoms. The molecule has 1 unspecified atom stereocenters. The first kappa shape index (κ1) is 20.4. The van der Waals surface area contributed by atoms with E-state index in [1.807, 2.05) is 62.4 Å². The third-order valence-electron chi connectivity index (χ3n) is 5.53. The van der Waals surface area contributed by atoms with Gasteiger partial charge in [0.05, 0.1) is 24.3 Å². The van der Waals surface area contributed by atoms with Gasteiger partial charge in [-0.1, -0.05) is 60.2 Å². The zero-order chi connectivity index (χ0) is 22.1. The predicted octanol–water partition coefficient (Wildman–Crippen LogP) is 4.94. The van der Waals surface area contributed by atoms with Crippen LogP contribution in [0.15, 0.2) is 78.4 Å². The maximum absolute atomic E-state index is 13.2. The predicted molar refractivity (Wildman–Crippen MR) is 120 cm³/mol. The molecular weight excluding hydrogens is 390 g/mol. The van der Waals surface area contributed by atoms with Gasteiger partial charge in [-0.05, 0) is 43.2 Å². The van der Waals surface area contributed by atoms with Gasteiger partial charge in [-0.25, -0.2) is 0 Å². The minimum Gasteiger partial charge on any atom is -0.507 e. The number of ketones is 1. The summed E-state index contributed by atoms with van der Waals surface area (Å²) in [6.45, 7) is 3.88. The minimum absolute atomic E-state index is 0.0423. The molecular formula is C26H23NO4. The molecule has 4 rings (SSSR count). The fourth-order valence-electron chi connectivity index (χ4n) is 4.09. The van der Waals surface area contributed by atoms with Crippen molar-refractivity contribution in [3.63, 3.8) is 0 Å². The van der Waals surface area contributed by atoms with Crippen molar-refractivity contribution in [2.75, 3.05) is 12.0 Å². The topological polar surface area (TPSA) is 66.8 Å². The quantitative estimate of drug-likeness (QED) is 0.374. The van der Waals surface area contributed by atoms with Crippen LogP contribution in [-0.2, 0) is 9.59 Å². The summed E-state index contributed by atoms with van der Waals surface area (Å²) < 4.78 is 5.37. The number of amides is 1. The van der Waals surface area contributed by atoms with Gasteiger partial charge in [0.25, 0.3) is 11.7 Å². The van der Waals surface area contributed by atoms with E-state index in [0.717, 1.165) is 16.7 Å². The number of benzene rings is 3. The zero-order valence-corrected chi connectivity index (χ0v) is 17.6. The van der Waals surface area contributed by atoms with E-state index in [1.54, 1.807) is 24.3 Å². The molecule has 1 atom stereocenters. The molecule has 1 saturated heterocycles. The molecule has 1 amide bonds. The molecule has 1 aliphatic rings. The number of hydrogen-bond acceptors (Lipinski definition) is 4. The summed E-state index contributed by atoms with van der Waals surface area (Å²) in [4.78, 5) is 27.9. The SMILES string of the molecule is COc1ccccc1/C(O)=C1\C(=O)C(=O)N(c2ccc(C)cc2C)C1c1ccccc1. The lowest BCUT2D eigenvalue weighted by Gasteiger charge is -2.27. The fourth-order valence-corrected chi connectivity index (χ4v) is 4.09. The van der Waals surface area contributed by atoms with Crippen LogP contribution in [0.1, 0.15) is 28.3 Å². The number of aryl methyl sites for hydroxylation is 2. The van der Waals surface area contributed by atoms with Gasteiger partial charge in [-0.2, -0.15) is 0 Å². The Balaban J connectivity index is 1.99. The number of aliphatic hydroxyl groups is 1. The van der Waals surface area contributed by atoms with Crippen molar-refractivity contribution >= 4 is 23.1 Å². The van der Waals surface area contributed by atoms with E-state index in [2.05, 4.69) is 0 Å². The molecule has 31 heavy (non-hydrogen) atoms. The van der Waals surface area contributed by atoms with Crippen molar-refractivity contribution in [3.8, 4) is 5.75 Å². The fraction of sp³-hybridized carbons (Fsp3) is 0.154. The van der Waals surface area contributed by atoms with E-state index in [-0.39, 0.29) is 11.3 Å². The maximum atomic E-state index is 13.2. The lowest BCUT2D eigenvalue weighted by molar-refractivity contribution is -0.132. The minimum atomic E-state index is -0.757. The smallest absolute Gasteiger partial charge is 0.300 e. The van der Waals surface area contributed by atoms with Crippen LogP contribution in [0, 0.1) is 13.8 Å². The summed E-state index contributed by atoms with van der Waals surface area (Å²) in [5.74, 6) is -1.23. The molecule has 5 nitrogen and oxygen atoms in total. The number of carbonyl (C=O) groups is 2. The van der Waals surface area contributed by atoms with E-state index in [9.17, 15) is 14.7 Å². The van der Waals surface area contributed by atoms with Crippen LogP contribution in [0.2, 0.25) is 0 Å². The van der Waals surface area contributed by atoms with E-state index < -0.39 is 17.7 Å². The van der Waals surface area contributed by atoms with Crippen LogP contribution in [0.5, 0.6) is 5.75 Å². The summed E-state index contributed by atoms with van der Waals surface area (Å²) in [6.07, 6.45) is 0. The number of rotatable bonds is 4. The van der Waals surface area contributed by atoms with Gasteiger partial charge in [0, 0.05) is 5.69 Å². The highest BCUT2D eigenvalue weighted by Crippen LogP contribution is 2.44. The van der Waals surface area contributed by atoms with E-state index in [0.29, 0.717) is 17.0 Å². The first-order valence-corrected chi connectivity index (χ1v) is 10.0. The zero-order valence-electron chi connectivity index (χ0n) is 17.6. The third-order valence-corrected chi connectivity index (χ3v) is 5.53. The molecule has 5 heteroatoms. The summed E-state index contributed by atoms with van der Waals surface area (Å²) in [7, 11) is 1.50. The van der Waals surface area contributed by atoms with Crippen molar-refractivity contribution in [1.29, 1.82) is 0 Å². The molecule has 1 aliphatic heterocycles. The number of nitrogens with zero attached hydrogens (tertiary/aromatic N) is 1. The highest BCUT2D eigenvalue weighted by molar-refractivity contribution is 6.51. The second kappa shape index (κ2) is 8.11. The summed E-state index contributed by atoms with van der Waals surface area (Å²) in [5.41, 5.74) is 3.72. The molecule has 1 heterocycles. The largest absolute Gasteiger partial charge is 0.507 e. The first-order valence-electron chi connectivity index (χ1n) is 10.0. The molecule has 0 saturated carbocycles.